The lowest BCUT2D eigenvalue weighted by molar-refractivity contribution is -0.687. The number of nitrogens with zero attached hydrogens (tertiary/aromatic N) is 4. The van der Waals surface area contributed by atoms with E-state index in [0.29, 0.717) is 17.9 Å². The number of anilines is 1. The molecule has 2 aliphatic heterocycles. The molecule has 2 aromatic rings. The van der Waals surface area contributed by atoms with Crippen molar-refractivity contribution in [3.63, 3.8) is 0 Å². The summed E-state index contributed by atoms with van der Waals surface area (Å²) in [6.07, 6.45) is 7.36. The van der Waals surface area contributed by atoms with Gasteiger partial charge in [0, 0.05) is 23.3 Å². The van der Waals surface area contributed by atoms with Crippen molar-refractivity contribution >= 4 is 51.7 Å². The lowest BCUT2D eigenvalue weighted by Gasteiger charge is -2.49. The minimum absolute atomic E-state index is 0.0772. The van der Waals surface area contributed by atoms with Gasteiger partial charge in [0.15, 0.2) is 29.8 Å². The number of aromatic nitrogens is 2. The van der Waals surface area contributed by atoms with Gasteiger partial charge in [0.2, 0.25) is 0 Å². The number of thiazole rings is 1. The summed E-state index contributed by atoms with van der Waals surface area (Å²) in [4.78, 5) is 47.7. The highest BCUT2D eigenvalue weighted by Crippen LogP contribution is 2.40. The number of carbonyl (C=O) groups is 3. The van der Waals surface area contributed by atoms with Gasteiger partial charge in [0.05, 0.1) is 0 Å². The van der Waals surface area contributed by atoms with E-state index < -0.39 is 29.2 Å². The van der Waals surface area contributed by atoms with Crippen molar-refractivity contribution in [2.24, 2.45) is 5.16 Å². The Kier molecular flexibility index (Phi) is 6.93. The Morgan fingerprint density at radius 1 is 1.41 bits per heavy atom. The smallest absolute Gasteiger partial charge is 0.352 e. The molecule has 0 saturated carbocycles. The van der Waals surface area contributed by atoms with E-state index in [2.05, 4.69) is 15.5 Å². The van der Waals surface area contributed by atoms with Crippen molar-refractivity contribution in [2.45, 2.75) is 18.0 Å². The number of hydrogen-bond acceptors (Lipinski definition) is 9. The number of amides is 2. The highest BCUT2D eigenvalue weighted by Gasteiger charge is 2.54. The monoisotopic (exact) mass is 501 g/mol. The molecule has 1 fully saturated rings. The number of rotatable bonds is 8. The Morgan fingerprint density at radius 2 is 2.18 bits per heavy atom. The third kappa shape index (κ3) is 4.65. The summed E-state index contributed by atoms with van der Waals surface area (Å²) >= 11 is 2.51. The van der Waals surface area contributed by atoms with Gasteiger partial charge in [0.25, 0.3) is 11.8 Å². The summed E-state index contributed by atoms with van der Waals surface area (Å²) in [5.41, 5.74) is 6.18. The molecule has 0 radical (unpaired) electrons. The number of β-lactam (4-membered cyclic amide) rings is 1. The van der Waals surface area contributed by atoms with Gasteiger partial charge in [-0.05, 0) is 11.6 Å². The second-order valence-electron chi connectivity index (χ2n) is 7.21. The molecule has 1 saturated heterocycles. The first-order valence-corrected chi connectivity index (χ1v) is 12.0. The molecule has 176 valence electrons. The average Bonchev–Trinajstić information content (AvgIpc) is 3.26. The van der Waals surface area contributed by atoms with Gasteiger partial charge in [0.1, 0.15) is 29.9 Å². The van der Waals surface area contributed by atoms with Gasteiger partial charge in [-0.1, -0.05) is 17.3 Å². The number of nitrogens with one attached hydrogen (secondary N) is 1. The lowest BCUT2D eigenvalue weighted by atomic mass is 10.0. The van der Waals surface area contributed by atoms with E-state index in [4.69, 9.17) is 10.6 Å². The molecule has 2 aromatic heterocycles. The quantitative estimate of drug-likeness (QED) is 0.203. The van der Waals surface area contributed by atoms with Crippen LogP contribution in [0.25, 0.3) is 0 Å². The topological polar surface area (TPSA) is 151 Å². The van der Waals surface area contributed by atoms with Crippen molar-refractivity contribution in [1.82, 2.24) is 15.2 Å². The van der Waals surface area contributed by atoms with E-state index in [1.54, 1.807) is 11.5 Å². The summed E-state index contributed by atoms with van der Waals surface area (Å²) in [6, 6.07) is 4.80. The summed E-state index contributed by atoms with van der Waals surface area (Å²) in [7, 11) is 1.28. The Bertz CT molecular complexity index is 1210. The van der Waals surface area contributed by atoms with Gasteiger partial charge in [-0.15, -0.1) is 23.1 Å². The number of carboxylic acid groups (broad SMARTS) is 1. The molecule has 11 nitrogen and oxygen atoms in total. The largest absolute Gasteiger partial charge is 0.477 e. The van der Waals surface area contributed by atoms with Crippen molar-refractivity contribution in [3.8, 4) is 0 Å². The molecule has 2 amide bonds. The fourth-order valence-electron chi connectivity index (χ4n) is 3.55. The number of pyridine rings is 1. The van der Waals surface area contributed by atoms with Crippen LogP contribution in [0.3, 0.4) is 0 Å². The van der Waals surface area contributed by atoms with Gasteiger partial charge < -0.3 is 21.0 Å². The molecule has 0 bridgehead atoms. The minimum Gasteiger partial charge on any atom is -0.477 e. The van der Waals surface area contributed by atoms with Crippen LogP contribution in [0.15, 0.2) is 64.6 Å². The highest BCUT2D eigenvalue weighted by molar-refractivity contribution is 8.00. The maximum atomic E-state index is 12.9. The average molecular weight is 502 g/mol. The first kappa shape index (κ1) is 23.4. The summed E-state index contributed by atoms with van der Waals surface area (Å²) in [6.45, 7) is 0.556. The number of hydrogen-bond donors (Lipinski definition) is 3. The number of aliphatic carboxylic acids is 1. The van der Waals surface area contributed by atoms with E-state index in [1.165, 1.54) is 23.8 Å². The number of carbonyl (C=O) groups excluding carboxylic acids is 2. The third-order valence-corrected chi connectivity index (χ3v) is 7.04. The van der Waals surface area contributed by atoms with Gasteiger partial charge in [-0.25, -0.2) is 14.3 Å². The van der Waals surface area contributed by atoms with Crippen LogP contribution in [-0.4, -0.2) is 62.8 Å². The van der Waals surface area contributed by atoms with Gasteiger partial charge in [-0.2, -0.15) is 0 Å². The molecule has 0 spiro atoms. The summed E-state index contributed by atoms with van der Waals surface area (Å²) < 4.78 is 1.94. The third-order valence-electron chi connectivity index (χ3n) is 5.06. The van der Waals surface area contributed by atoms with Crippen molar-refractivity contribution in [1.29, 1.82) is 0 Å². The minimum atomic E-state index is -1.20. The van der Waals surface area contributed by atoms with Crippen molar-refractivity contribution < 1.29 is 28.9 Å². The number of nitrogen functional groups attached to an aromatic ring is 1. The zero-order valence-electron chi connectivity index (χ0n) is 18.0. The van der Waals surface area contributed by atoms with E-state index in [0.717, 1.165) is 11.3 Å². The number of nitrogens with two attached hydrogens (primary N) is 1. The fourth-order valence-corrected chi connectivity index (χ4v) is 5.41. The number of fused-ring (bicyclic) bond motifs is 1. The molecule has 0 aromatic carbocycles. The molecular weight excluding hydrogens is 480 g/mol. The standard InChI is InChI=1S/C21H20N6O5S2/c1-32-25-14(13-11-34-21(22)23-13)17(28)24-15-18(29)27-16(20(30)31)12(10-33-19(15)27)6-5-9-26-7-3-2-4-8-26/h2-8,11,15,19H,9-10H2,1H3,(H3-,22,23,24,28,30,31)/p+1/b6-5?,25-14-/t15?,19-/m0/s1. The molecule has 2 aliphatic rings. The number of carboxylic acids is 1. The van der Waals surface area contributed by atoms with Crippen LogP contribution in [0.4, 0.5) is 5.13 Å². The van der Waals surface area contributed by atoms with Crippen molar-refractivity contribution in [2.75, 3.05) is 18.6 Å². The molecule has 13 heteroatoms. The fraction of sp³-hybridized carbons (Fsp3) is 0.238. The van der Waals surface area contributed by atoms with E-state index in [1.807, 2.05) is 41.2 Å². The molecular formula is C21H21N6O5S2+. The lowest BCUT2D eigenvalue weighted by Crippen LogP contribution is -2.71. The van der Waals surface area contributed by atoms with Crippen LogP contribution in [0.5, 0.6) is 0 Å². The predicted octanol–water partition coefficient (Wildman–Crippen LogP) is 0.358. The Labute approximate surface area is 202 Å². The summed E-state index contributed by atoms with van der Waals surface area (Å²) in [5, 5.41) is 17.4. The SMILES string of the molecule is CO/N=C(\C(=O)NC1C(=O)N2C(C(=O)O)=C(C=CC[n+]3ccccc3)CS[C@@H]12)c1csc(N)n1. The zero-order chi connectivity index (χ0) is 24.2. The van der Waals surface area contributed by atoms with Crippen LogP contribution in [0.1, 0.15) is 5.69 Å². The number of thioether (sulfide) groups is 1. The summed E-state index contributed by atoms with van der Waals surface area (Å²) in [5.74, 6) is -2.01. The number of oxime groups is 1. The molecule has 34 heavy (non-hydrogen) atoms. The van der Waals surface area contributed by atoms with Crippen LogP contribution >= 0.6 is 23.1 Å². The maximum Gasteiger partial charge on any atom is 0.352 e. The van der Waals surface area contributed by atoms with Crippen LogP contribution in [0.2, 0.25) is 0 Å². The van der Waals surface area contributed by atoms with Crippen LogP contribution in [-0.2, 0) is 25.8 Å². The maximum absolute atomic E-state index is 12.9. The molecule has 4 N–H and O–H groups in total. The first-order valence-electron chi connectivity index (χ1n) is 10.1. The Morgan fingerprint density at radius 3 is 2.82 bits per heavy atom. The zero-order valence-corrected chi connectivity index (χ0v) is 19.6. The molecule has 2 atom stereocenters. The highest BCUT2D eigenvalue weighted by atomic mass is 32.2. The second-order valence-corrected chi connectivity index (χ2v) is 9.20. The van der Waals surface area contributed by atoms with Crippen molar-refractivity contribution in [3.05, 3.63) is 65.1 Å². The number of allylic oxidation sites excluding steroid dienone is 2. The van der Waals surface area contributed by atoms with E-state index in [-0.39, 0.29) is 22.2 Å². The Hall–Kier alpha value is -3.71. The van der Waals surface area contributed by atoms with Gasteiger partial charge >= 0.3 is 5.97 Å². The van der Waals surface area contributed by atoms with Gasteiger partial charge in [-0.3, -0.25) is 14.5 Å². The normalized spacial score (nSPS) is 20.2. The molecule has 4 heterocycles. The molecule has 0 aliphatic carbocycles. The first-order chi connectivity index (χ1) is 16.4. The molecule has 4 rings (SSSR count). The molecule has 1 unspecified atom stereocenters. The Balaban J connectivity index is 1.49. The van der Waals surface area contributed by atoms with Crippen LogP contribution < -0.4 is 15.6 Å². The van der Waals surface area contributed by atoms with E-state index >= 15 is 0 Å². The van der Waals surface area contributed by atoms with E-state index in [9.17, 15) is 19.5 Å². The van der Waals surface area contributed by atoms with Crippen LogP contribution in [0, 0.1) is 0 Å². The second kappa shape index (κ2) is 10.1. The predicted molar refractivity (Wildman–Crippen MR) is 126 cm³/mol.